The topological polar surface area (TPSA) is 43.1 Å². The van der Waals surface area contributed by atoms with Gasteiger partial charge in [-0.2, -0.15) is 5.10 Å². The van der Waals surface area contributed by atoms with Crippen LogP contribution in [0, 0.1) is 0 Å². The first kappa shape index (κ1) is 9.30. The molecule has 0 spiro atoms. The van der Waals surface area contributed by atoms with Gasteiger partial charge in [0.2, 0.25) is 0 Å². The second-order valence-electron chi connectivity index (χ2n) is 3.29. The molecule has 0 saturated carbocycles. The molecule has 16 heavy (non-hydrogen) atoms. The molecule has 0 aliphatic rings. The Morgan fingerprint density at radius 2 is 2.00 bits per heavy atom. The lowest BCUT2D eigenvalue weighted by atomic mass is 10.2. The Balaban J connectivity index is 2.22. The predicted octanol–water partition coefficient (Wildman–Crippen LogP) is 2.44. The van der Waals surface area contributed by atoms with E-state index in [2.05, 4.69) is 15.1 Å². The molecule has 0 aromatic carbocycles. The Kier molecular flexibility index (Phi) is 2.08. The van der Waals surface area contributed by atoms with Crippen molar-refractivity contribution in [3.05, 3.63) is 48.0 Å². The quantitative estimate of drug-likeness (QED) is 0.603. The SMILES string of the molecule is Clc1ncccc1-c1ccc2nccn2n1. The molecule has 5 heteroatoms. The van der Waals surface area contributed by atoms with Crippen molar-refractivity contribution in [2.24, 2.45) is 0 Å². The highest BCUT2D eigenvalue weighted by Crippen LogP contribution is 2.23. The van der Waals surface area contributed by atoms with E-state index in [4.69, 9.17) is 11.6 Å². The van der Waals surface area contributed by atoms with Gasteiger partial charge in [0.15, 0.2) is 5.65 Å². The molecule has 0 aliphatic heterocycles. The van der Waals surface area contributed by atoms with Gasteiger partial charge in [-0.15, -0.1) is 0 Å². The monoisotopic (exact) mass is 230 g/mol. The Labute approximate surface area is 96.5 Å². The number of aromatic nitrogens is 4. The second kappa shape index (κ2) is 3.57. The standard InChI is InChI=1S/C11H7ClN4/c12-11-8(2-1-5-14-11)9-3-4-10-13-6-7-16(10)15-9/h1-7H. The van der Waals surface area contributed by atoms with Crippen molar-refractivity contribution in [1.82, 2.24) is 19.6 Å². The number of hydrogen-bond acceptors (Lipinski definition) is 3. The molecule has 3 aromatic rings. The third-order valence-corrected chi connectivity index (χ3v) is 2.59. The van der Waals surface area contributed by atoms with Crippen LogP contribution in [0.3, 0.4) is 0 Å². The van der Waals surface area contributed by atoms with Crippen molar-refractivity contribution in [3.8, 4) is 11.3 Å². The lowest BCUT2D eigenvalue weighted by Crippen LogP contribution is -1.94. The maximum Gasteiger partial charge on any atom is 0.153 e. The molecule has 0 fully saturated rings. The molecule has 0 N–H and O–H groups in total. The molecule has 78 valence electrons. The summed E-state index contributed by atoms with van der Waals surface area (Å²) in [5, 5.41) is 4.85. The van der Waals surface area contributed by atoms with Crippen LogP contribution in [0.5, 0.6) is 0 Å². The first-order valence-corrected chi connectivity index (χ1v) is 5.14. The minimum absolute atomic E-state index is 0.453. The summed E-state index contributed by atoms with van der Waals surface area (Å²) in [6.45, 7) is 0. The van der Waals surface area contributed by atoms with Crippen LogP contribution < -0.4 is 0 Å². The first-order chi connectivity index (χ1) is 7.84. The Bertz CT molecular complexity index is 647. The van der Waals surface area contributed by atoms with Crippen LogP contribution in [-0.4, -0.2) is 19.6 Å². The zero-order valence-corrected chi connectivity index (χ0v) is 8.96. The van der Waals surface area contributed by atoms with Gasteiger partial charge in [-0.05, 0) is 24.3 Å². The third-order valence-electron chi connectivity index (χ3n) is 2.29. The van der Waals surface area contributed by atoms with E-state index in [-0.39, 0.29) is 0 Å². The summed E-state index contributed by atoms with van der Waals surface area (Å²) in [4.78, 5) is 8.15. The van der Waals surface area contributed by atoms with Gasteiger partial charge < -0.3 is 0 Å². The summed E-state index contributed by atoms with van der Waals surface area (Å²) >= 11 is 6.01. The molecular weight excluding hydrogens is 224 g/mol. The lowest BCUT2D eigenvalue weighted by Gasteiger charge is -2.02. The number of rotatable bonds is 1. The van der Waals surface area contributed by atoms with Gasteiger partial charge in [-0.25, -0.2) is 14.5 Å². The maximum absolute atomic E-state index is 6.01. The van der Waals surface area contributed by atoms with Crippen LogP contribution in [0.4, 0.5) is 0 Å². The smallest absolute Gasteiger partial charge is 0.153 e. The van der Waals surface area contributed by atoms with Crippen LogP contribution >= 0.6 is 11.6 Å². The van der Waals surface area contributed by atoms with Gasteiger partial charge in [0, 0.05) is 24.2 Å². The second-order valence-corrected chi connectivity index (χ2v) is 3.65. The molecule has 0 aliphatic carbocycles. The first-order valence-electron chi connectivity index (χ1n) is 4.76. The van der Waals surface area contributed by atoms with Crippen molar-refractivity contribution in [2.75, 3.05) is 0 Å². The van der Waals surface area contributed by atoms with E-state index in [0.717, 1.165) is 16.9 Å². The van der Waals surface area contributed by atoms with E-state index >= 15 is 0 Å². The largest absolute Gasteiger partial charge is 0.244 e. The Morgan fingerprint density at radius 1 is 1.06 bits per heavy atom. The molecule has 4 nitrogen and oxygen atoms in total. The fourth-order valence-corrected chi connectivity index (χ4v) is 1.75. The van der Waals surface area contributed by atoms with Gasteiger partial charge in [0.1, 0.15) is 5.15 Å². The highest BCUT2D eigenvalue weighted by molar-refractivity contribution is 6.31. The molecule has 0 unspecified atom stereocenters. The van der Waals surface area contributed by atoms with Crippen LogP contribution in [-0.2, 0) is 0 Å². The van der Waals surface area contributed by atoms with Crippen molar-refractivity contribution in [3.63, 3.8) is 0 Å². The number of fused-ring (bicyclic) bond motifs is 1. The van der Waals surface area contributed by atoms with E-state index in [9.17, 15) is 0 Å². The van der Waals surface area contributed by atoms with Gasteiger partial charge in [0.05, 0.1) is 5.69 Å². The number of halogens is 1. The van der Waals surface area contributed by atoms with Gasteiger partial charge >= 0.3 is 0 Å². The molecule has 0 atom stereocenters. The van der Waals surface area contributed by atoms with Gasteiger partial charge in [-0.3, -0.25) is 0 Å². The minimum atomic E-state index is 0.453. The fourth-order valence-electron chi connectivity index (χ4n) is 1.54. The average molecular weight is 231 g/mol. The van der Waals surface area contributed by atoms with E-state index in [1.54, 1.807) is 23.1 Å². The Hall–Kier alpha value is -1.94. The normalized spacial score (nSPS) is 10.8. The van der Waals surface area contributed by atoms with Gasteiger partial charge in [-0.1, -0.05) is 11.6 Å². The fraction of sp³-hybridized carbons (Fsp3) is 0. The predicted molar refractivity (Wildman–Crippen MR) is 61.2 cm³/mol. The minimum Gasteiger partial charge on any atom is -0.244 e. The summed E-state index contributed by atoms with van der Waals surface area (Å²) in [6.07, 6.45) is 5.15. The van der Waals surface area contributed by atoms with E-state index in [1.165, 1.54) is 0 Å². The summed E-state index contributed by atoms with van der Waals surface area (Å²) in [7, 11) is 0. The van der Waals surface area contributed by atoms with Gasteiger partial charge in [0.25, 0.3) is 0 Å². The zero-order chi connectivity index (χ0) is 11.0. The summed E-state index contributed by atoms with van der Waals surface area (Å²) in [6, 6.07) is 7.50. The number of pyridine rings is 1. The van der Waals surface area contributed by atoms with E-state index < -0.39 is 0 Å². The van der Waals surface area contributed by atoms with Crippen molar-refractivity contribution < 1.29 is 0 Å². The number of imidazole rings is 1. The zero-order valence-electron chi connectivity index (χ0n) is 8.21. The van der Waals surface area contributed by atoms with Crippen LogP contribution in [0.2, 0.25) is 5.15 Å². The highest BCUT2D eigenvalue weighted by Gasteiger charge is 2.06. The third kappa shape index (κ3) is 1.44. The molecule has 0 bridgehead atoms. The van der Waals surface area contributed by atoms with E-state index in [0.29, 0.717) is 5.15 Å². The van der Waals surface area contributed by atoms with Crippen molar-refractivity contribution in [2.45, 2.75) is 0 Å². The summed E-state index contributed by atoms with van der Waals surface area (Å²) in [5.41, 5.74) is 2.41. The molecule has 3 heterocycles. The molecular formula is C11H7ClN4. The highest BCUT2D eigenvalue weighted by atomic mass is 35.5. The van der Waals surface area contributed by atoms with E-state index in [1.807, 2.05) is 24.3 Å². The number of hydrogen-bond donors (Lipinski definition) is 0. The number of nitrogens with zero attached hydrogens (tertiary/aromatic N) is 4. The molecule has 3 aromatic heterocycles. The molecule has 0 radical (unpaired) electrons. The molecule has 3 rings (SSSR count). The average Bonchev–Trinajstić information content (AvgIpc) is 2.76. The van der Waals surface area contributed by atoms with Crippen LogP contribution in [0.1, 0.15) is 0 Å². The summed E-state index contributed by atoms with van der Waals surface area (Å²) in [5.74, 6) is 0. The van der Waals surface area contributed by atoms with Crippen molar-refractivity contribution in [1.29, 1.82) is 0 Å². The molecule has 0 amide bonds. The van der Waals surface area contributed by atoms with Crippen LogP contribution in [0.25, 0.3) is 16.9 Å². The maximum atomic E-state index is 6.01. The summed E-state index contributed by atoms with van der Waals surface area (Å²) < 4.78 is 1.71. The van der Waals surface area contributed by atoms with Crippen molar-refractivity contribution >= 4 is 17.2 Å². The lowest BCUT2D eigenvalue weighted by molar-refractivity contribution is 0.941. The Morgan fingerprint density at radius 3 is 2.88 bits per heavy atom. The van der Waals surface area contributed by atoms with Crippen LogP contribution in [0.15, 0.2) is 42.9 Å². The molecule has 0 saturated heterocycles.